The van der Waals surface area contributed by atoms with Gasteiger partial charge in [-0.15, -0.1) is 0 Å². The van der Waals surface area contributed by atoms with Gasteiger partial charge in [0, 0.05) is 51.9 Å². The number of aliphatic hydroxyl groups is 2. The predicted molar refractivity (Wildman–Crippen MR) is 122 cm³/mol. The maximum Gasteiger partial charge on any atom is 0.248 e. The van der Waals surface area contributed by atoms with Gasteiger partial charge >= 0.3 is 0 Å². The third-order valence-electron chi connectivity index (χ3n) is 7.40. The van der Waals surface area contributed by atoms with E-state index < -0.39 is 30.5 Å². The lowest BCUT2D eigenvalue weighted by molar-refractivity contribution is -0.148. The first kappa shape index (κ1) is 26.2. The normalized spacial score (nSPS) is 37.1. The minimum atomic E-state index is -1.26. The molecule has 4 aliphatic heterocycles. The van der Waals surface area contributed by atoms with Crippen LogP contribution in [-0.2, 0) is 28.6 Å². The molecular formula is C23H38N4O8. The van der Waals surface area contributed by atoms with Crippen LogP contribution in [0.25, 0.3) is 0 Å². The third kappa shape index (κ3) is 5.78. The number of carbonyl (C=O) groups is 3. The summed E-state index contributed by atoms with van der Waals surface area (Å²) >= 11 is 0. The van der Waals surface area contributed by atoms with Crippen LogP contribution in [0.3, 0.4) is 0 Å². The lowest BCUT2D eigenvalue weighted by Gasteiger charge is -2.39. The molecule has 198 valence electrons. The van der Waals surface area contributed by atoms with E-state index in [2.05, 4.69) is 10.2 Å². The molecule has 4 saturated heterocycles. The van der Waals surface area contributed by atoms with E-state index in [-0.39, 0.29) is 62.0 Å². The molecule has 12 nitrogen and oxygen atoms in total. The summed E-state index contributed by atoms with van der Waals surface area (Å²) in [6, 6.07) is -0.453. The van der Waals surface area contributed by atoms with Crippen LogP contribution in [0.5, 0.6) is 0 Å². The highest BCUT2D eigenvalue weighted by molar-refractivity contribution is 5.83. The van der Waals surface area contributed by atoms with Crippen molar-refractivity contribution in [1.29, 1.82) is 0 Å². The summed E-state index contributed by atoms with van der Waals surface area (Å²) in [4.78, 5) is 44.5. The Bertz CT molecular complexity index is 797. The summed E-state index contributed by atoms with van der Waals surface area (Å²) in [5, 5.41) is 24.1. The van der Waals surface area contributed by atoms with Crippen LogP contribution in [0.1, 0.15) is 26.7 Å². The van der Waals surface area contributed by atoms with E-state index in [0.717, 1.165) is 0 Å². The number of morpholine rings is 1. The van der Waals surface area contributed by atoms with Crippen molar-refractivity contribution in [2.75, 3.05) is 53.0 Å². The molecule has 4 aliphatic rings. The zero-order valence-corrected chi connectivity index (χ0v) is 20.7. The summed E-state index contributed by atoms with van der Waals surface area (Å²) in [7, 11) is 1.42. The molecule has 0 aliphatic carbocycles. The largest absolute Gasteiger partial charge is 0.388 e. The highest BCUT2D eigenvalue weighted by Gasteiger charge is 2.46. The molecule has 0 aromatic carbocycles. The predicted octanol–water partition coefficient (Wildman–Crippen LogP) is -2.45. The van der Waals surface area contributed by atoms with E-state index in [1.165, 1.54) is 12.0 Å². The maximum absolute atomic E-state index is 13.6. The van der Waals surface area contributed by atoms with E-state index in [4.69, 9.17) is 14.2 Å². The Morgan fingerprint density at radius 3 is 2.60 bits per heavy atom. The Morgan fingerprint density at radius 1 is 1.14 bits per heavy atom. The third-order valence-corrected chi connectivity index (χ3v) is 7.40. The van der Waals surface area contributed by atoms with Gasteiger partial charge in [-0.3, -0.25) is 19.3 Å². The topological polar surface area (TPSA) is 141 Å². The number of likely N-dealkylation sites (tertiary alicyclic amines) is 1. The lowest BCUT2D eigenvalue weighted by atomic mass is 10.0. The maximum atomic E-state index is 13.6. The van der Waals surface area contributed by atoms with Crippen LogP contribution in [0.4, 0.5) is 0 Å². The SMILES string of the molecule is COCC(=O)N1C[C@@H]2CN(CCO2)C(=O)[C@@H]2C[C@@H](CN2C(C)C)NC(=O)C[C@@H]2O[C@H](C1)[C@@H](O)[C@H]2O. The van der Waals surface area contributed by atoms with Crippen LogP contribution in [0.2, 0.25) is 0 Å². The van der Waals surface area contributed by atoms with Gasteiger partial charge in [0.1, 0.15) is 24.9 Å². The fraction of sp³-hybridized carbons (Fsp3) is 0.870. The number of hydrogen-bond donors (Lipinski definition) is 3. The van der Waals surface area contributed by atoms with Crippen LogP contribution >= 0.6 is 0 Å². The van der Waals surface area contributed by atoms with Gasteiger partial charge in [0.25, 0.3) is 0 Å². The quantitative estimate of drug-likeness (QED) is 0.387. The van der Waals surface area contributed by atoms with E-state index in [9.17, 15) is 24.6 Å². The van der Waals surface area contributed by atoms with Crippen LogP contribution in [0, 0.1) is 0 Å². The highest BCUT2D eigenvalue weighted by Crippen LogP contribution is 2.27. The molecule has 4 heterocycles. The second-order valence-electron chi connectivity index (χ2n) is 10.2. The molecule has 0 unspecified atom stereocenters. The molecule has 35 heavy (non-hydrogen) atoms. The van der Waals surface area contributed by atoms with Crippen molar-refractivity contribution in [3.63, 3.8) is 0 Å². The number of hydrogen-bond acceptors (Lipinski definition) is 9. The molecule has 0 aromatic heterocycles. The summed E-state index contributed by atoms with van der Waals surface area (Å²) in [5.41, 5.74) is 0. The smallest absolute Gasteiger partial charge is 0.248 e. The number of amides is 3. The molecule has 0 saturated carbocycles. The Labute approximate surface area is 205 Å². The van der Waals surface area contributed by atoms with Gasteiger partial charge in [-0.25, -0.2) is 0 Å². The van der Waals surface area contributed by atoms with E-state index >= 15 is 0 Å². The van der Waals surface area contributed by atoms with Crippen LogP contribution < -0.4 is 5.32 Å². The van der Waals surface area contributed by atoms with Crippen molar-refractivity contribution in [3.8, 4) is 0 Å². The molecule has 0 spiro atoms. The standard InChI is InChI=1S/C23H38N4O8/c1-13(2)27-8-14-6-16(27)23(32)25-4-5-34-15(9-25)10-26(20(29)12-33-3)11-18-22(31)21(30)17(35-18)7-19(28)24-14/h13-18,21-22,30-31H,4-12H2,1-3H3,(H,24,28)/t14-,15-,16-,17-,18+,21-,22+/m0/s1. The highest BCUT2D eigenvalue weighted by atomic mass is 16.5. The molecule has 4 fully saturated rings. The van der Waals surface area contributed by atoms with Crippen molar-refractivity contribution in [1.82, 2.24) is 20.0 Å². The van der Waals surface area contributed by atoms with Crippen molar-refractivity contribution in [3.05, 3.63) is 0 Å². The summed E-state index contributed by atoms with van der Waals surface area (Å²) in [5.74, 6) is -0.633. The number of nitrogens with zero attached hydrogens (tertiary/aromatic N) is 3. The van der Waals surface area contributed by atoms with Crippen molar-refractivity contribution >= 4 is 17.7 Å². The first-order valence-electron chi connectivity index (χ1n) is 12.4. The number of rotatable bonds is 3. The Balaban J connectivity index is 1.61. The van der Waals surface area contributed by atoms with Gasteiger partial charge in [-0.1, -0.05) is 0 Å². The lowest BCUT2D eigenvalue weighted by Crippen LogP contribution is -2.56. The molecule has 7 atom stereocenters. The Hall–Kier alpha value is -1.83. The fourth-order valence-electron chi connectivity index (χ4n) is 5.59. The summed E-state index contributed by atoms with van der Waals surface area (Å²) in [6.45, 7) is 5.75. The van der Waals surface area contributed by atoms with Crippen LogP contribution in [-0.4, -0.2) is 144 Å². The zero-order chi connectivity index (χ0) is 25.3. The van der Waals surface area contributed by atoms with Gasteiger partial charge in [0.2, 0.25) is 17.7 Å². The first-order valence-corrected chi connectivity index (χ1v) is 12.4. The number of ether oxygens (including phenoxy) is 3. The van der Waals surface area contributed by atoms with E-state index in [0.29, 0.717) is 32.7 Å². The van der Waals surface area contributed by atoms with Gasteiger partial charge in [0.05, 0.1) is 31.3 Å². The number of aliphatic hydroxyl groups excluding tert-OH is 2. The Morgan fingerprint density at radius 2 is 1.89 bits per heavy atom. The number of nitrogens with one attached hydrogen (secondary N) is 1. The molecule has 6 bridgehead atoms. The van der Waals surface area contributed by atoms with Gasteiger partial charge < -0.3 is 39.5 Å². The minimum Gasteiger partial charge on any atom is -0.388 e. The van der Waals surface area contributed by atoms with Crippen molar-refractivity contribution < 1.29 is 38.8 Å². The molecule has 4 rings (SSSR count). The average molecular weight is 499 g/mol. The molecule has 3 N–H and O–H groups in total. The van der Waals surface area contributed by atoms with E-state index in [1.807, 2.05) is 13.8 Å². The van der Waals surface area contributed by atoms with Gasteiger partial charge in [0.15, 0.2) is 0 Å². The van der Waals surface area contributed by atoms with Gasteiger partial charge in [-0.05, 0) is 20.3 Å². The molecule has 0 radical (unpaired) electrons. The van der Waals surface area contributed by atoms with E-state index in [1.54, 1.807) is 4.90 Å². The zero-order valence-electron chi connectivity index (χ0n) is 20.7. The summed E-state index contributed by atoms with van der Waals surface area (Å²) < 4.78 is 16.8. The van der Waals surface area contributed by atoms with Gasteiger partial charge in [-0.2, -0.15) is 0 Å². The number of fused-ring (bicyclic) bond motifs is 6. The van der Waals surface area contributed by atoms with Crippen molar-refractivity contribution in [2.24, 2.45) is 0 Å². The fourth-order valence-corrected chi connectivity index (χ4v) is 5.59. The monoisotopic (exact) mass is 498 g/mol. The molecule has 0 aromatic rings. The van der Waals surface area contributed by atoms with Crippen molar-refractivity contribution in [2.45, 2.75) is 75.3 Å². The molecular weight excluding hydrogens is 460 g/mol. The molecule has 12 heteroatoms. The second kappa shape index (κ2) is 11.1. The number of carbonyl (C=O) groups excluding carboxylic acids is 3. The summed E-state index contributed by atoms with van der Waals surface area (Å²) in [6.07, 6.45) is -4.33. The number of methoxy groups -OCH3 is 1. The average Bonchev–Trinajstić information content (AvgIpc) is 3.35. The minimum absolute atomic E-state index is 0.000131. The first-order chi connectivity index (χ1) is 16.7. The molecule has 3 amide bonds. The van der Waals surface area contributed by atoms with Crippen LogP contribution in [0.15, 0.2) is 0 Å². The Kier molecular flexibility index (Phi) is 8.29. The second-order valence-corrected chi connectivity index (χ2v) is 10.2.